The molecule has 1 aromatic carbocycles. The smallest absolute Gasteiger partial charge is 0.0366 e. The molecule has 0 saturated heterocycles. The fourth-order valence-electron chi connectivity index (χ4n) is 1.37. The van der Waals surface area contributed by atoms with Gasteiger partial charge < -0.3 is 4.90 Å². The van der Waals surface area contributed by atoms with Crippen molar-refractivity contribution in [3.63, 3.8) is 0 Å². The van der Waals surface area contributed by atoms with Crippen LogP contribution in [-0.2, 0) is 0 Å². The molecule has 0 aliphatic rings. The van der Waals surface area contributed by atoms with Crippen molar-refractivity contribution < 1.29 is 0 Å². The van der Waals surface area contributed by atoms with Crippen LogP contribution in [0.1, 0.15) is 13.3 Å². The van der Waals surface area contributed by atoms with E-state index in [4.69, 9.17) is 0 Å². The number of para-hydroxylation sites is 1. The molecule has 0 aromatic heterocycles. The molecule has 0 aliphatic heterocycles. The Morgan fingerprint density at radius 2 is 1.92 bits per heavy atom. The number of anilines is 1. The fourth-order valence-corrected chi connectivity index (χ4v) is 1.51. The summed E-state index contributed by atoms with van der Waals surface area (Å²) in [6.45, 7) is 4.35. The lowest BCUT2D eigenvalue weighted by Gasteiger charge is -2.22. The highest BCUT2D eigenvalue weighted by Crippen LogP contribution is 2.12. The molecule has 0 amide bonds. The van der Waals surface area contributed by atoms with Gasteiger partial charge in [-0.15, -0.1) is 0 Å². The first-order valence-electron chi connectivity index (χ1n) is 4.79. The molecule has 13 heavy (non-hydrogen) atoms. The van der Waals surface area contributed by atoms with Gasteiger partial charge in [-0.2, -0.15) is 12.6 Å². The number of thiol groups is 1. The second-order valence-corrected chi connectivity index (χ2v) is 3.44. The minimum absolute atomic E-state index is 0.962. The second-order valence-electron chi connectivity index (χ2n) is 2.99. The van der Waals surface area contributed by atoms with E-state index in [-0.39, 0.29) is 0 Å². The normalized spacial score (nSPS) is 10.0. The van der Waals surface area contributed by atoms with E-state index in [0.717, 1.165) is 25.3 Å². The average Bonchev–Trinajstić information content (AvgIpc) is 2.21. The quantitative estimate of drug-likeness (QED) is 0.707. The zero-order valence-corrected chi connectivity index (χ0v) is 9.00. The topological polar surface area (TPSA) is 3.24 Å². The Morgan fingerprint density at radius 3 is 2.46 bits per heavy atom. The van der Waals surface area contributed by atoms with Crippen molar-refractivity contribution in [2.45, 2.75) is 13.3 Å². The first-order valence-corrected chi connectivity index (χ1v) is 5.42. The highest BCUT2D eigenvalue weighted by molar-refractivity contribution is 7.80. The molecule has 0 spiro atoms. The molecule has 72 valence electrons. The van der Waals surface area contributed by atoms with E-state index < -0.39 is 0 Å². The van der Waals surface area contributed by atoms with Crippen molar-refractivity contribution in [2.75, 3.05) is 23.7 Å². The highest BCUT2D eigenvalue weighted by atomic mass is 32.1. The Balaban J connectivity index is 2.56. The van der Waals surface area contributed by atoms with Crippen LogP contribution in [0.15, 0.2) is 30.3 Å². The van der Waals surface area contributed by atoms with Crippen LogP contribution in [-0.4, -0.2) is 18.8 Å². The van der Waals surface area contributed by atoms with Crippen LogP contribution in [0.2, 0.25) is 0 Å². The van der Waals surface area contributed by atoms with Crippen molar-refractivity contribution in [1.29, 1.82) is 0 Å². The molecule has 2 heteroatoms. The van der Waals surface area contributed by atoms with Gasteiger partial charge in [-0.05, 0) is 31.2 Å². The van der Waals surface area contributed by atoms with E-state index in [1.54, 1.807) is 0 Å². The third-order valence-electron chi connectivity index (χ3n) is 2.09. The van der Waals surface area contributed by atoms with Crippen LogP contribution in [0.5, 0.6) is 0 Å². The molecular weight excluding hydrogens is 178 g/mol. The van der Waals surface area contributed by atoms with Crippen LogP contribution in [0.3, 0.4) is 0 Å². The van der Waals surface area contributed by atoms with Gasteiger partial charge in [0.25, 0.3) is 0 Å². The van der Waals surface area contributed by atoms with Crippen LogP contribution >= 0.6 is 12.6 Å². The minimum atomic E-state index is 0.962. The van der Waals surface area contributed by atoms with Gasteiger partial charge in [0, 0.05) is 18.8 Å². The maximum atomic E-state index is 4.22. The Bertz CT molecular complexity index is 223. The summed E-state index contributed by atoms with van der Waals surface area (Å²) in [4.78, 5) is 2.37. The van der Waals surface area contributed by atoms with Gasteiger partial charge in [0.15, 0.2) is 0 Å². The van der Waals surface area contributed by atoms with E-state index in [2.05, 4.69) is 54.8 Å². The molecule has 0 heterocycles. The van der Waals surface area contributed by atoms with E-state index >= 15 is 0 Å². The van der Waals surface area contributed by atoms with Crippen LogP contribution in [0.4, 0.5) is 5.69 Å². The number of benzene rings is 1. The number of rotatable bonds is 5. The van der Waals surface area contributed by atoms with Gasteiger partial charge in [0.2, 0.25) is 0 Å². The van der Waals surface area contributed by atoms with Crippen molar-refractivity contribution in [1.82, 2.24) is 0 Å². The molecule has 0 aliphatic carbocycles. The summed E-state index contributed by atoms with van der Waals surface area (Å²) in [7, 11) is 0. The molecule has 0 atom stereocenters. The fraction of sp³-hybridized carbons (Fsp3) is 0.455. The van der Waals surface area contributed by atoms with Gasteiger partial charge >= 0.3 is 0 Å². The van der Waals surface area contributed by atoms with E-state index in [1.165, 1.54) is 5.69 Å². The Labute approximate surface area is 86.2 Å². The molecule has 0 unspecified atom stereocenters. The van der Waals surface area contributed by atoms with Gasteiger partial charge in [-0.25, -0.2) is 0 Å². The molecule has 0 radical (unpaired) electrons. The highest BCUT2D eigenvalue weighted by Gasteiger charge is 2.00. The lowest BCUT2D eigenvalue weighted by molar-refractivity contribution is 0.798. The summed E-state index contributed by atoms with van der Waals surface area (Å²) in [5, 5.41) is 0. The molecular formula is C11H17NS. The Kier molecular flexibility index (Phi) is 4.76. The summed E-state index contributed by atoms with van der Waals surface area (Å²) in [5.74, 6) is 0.962. The monoisotopic (exact) mass is 195 g/mol. The molecule has 0 saturated carbocycles. The van der Waals surface area contributed by atoms with Crippen molar-refractivity contribution >= 4 is 18.3 Å². The maximum Gasteiger partial charge on any atom is 0.0366 e. The third-order valence-corrected chi connectivity index (χ3v) is 2.41. The van der Waals surface area contributed by atoms with E-state index in [0.29, 0.717) is 0 Å². The summed E-state index contributed by atoms with van der Waals surface area (Å²) >= 11 is 4.22. The van der Waals surface area contributed by atoms with E-state index in [9.17, 15) is 0 Å². The van der Waals surface area contributed by atoms with Gasteiger partial charge in [0.05, 0.1) is 0 Å². The summed E-state index contributed by atoms with van der Waals surface area (Å²) in [6, 6.07) is 10.5. The zero-order chi connectivity index (χ0) is 9.52. The largest absolute Gasteiger partial charge is 0.372 e. The molecule has 1 aromatic rings. The lowest BCUT2D eigenvalue weighted by atomic mass is 10.3. The van der Waals surface area contributed by atoms with Gasteiger partial charge in [0.1, 0.15) is 0 Å². The Morgan fingerprint density at radius 1 is 1.23 bits per heavy atom. The predicted octanol–water partition coefficient (Wildman–Crippen LogP) is 2.83. The Hall–Kier alpha value is -0.630. The molecule has 1 rings (SSSR count). The first-order chi connectivity index (χ1) is 6.38. The molecule has 0 fully saturated rings. The second kappa shape index (κ2) is 5.92. The van der Waals surface area contributed by atoms with Crippen molar-refractivity contribution in [3.8, 4) is 0 Å². The van der Waals surface area contributed by atoms with Crippen LogP contribution in [0, 0.1) is 0 Å². The van der Waals surface area contributed by atoms with Crippen molar-refractivity contribution in [3.05, 3.63) is 30.3 Å². The molecule has 0 bridgehead atoms. The number of hydrogen-bond donors (Lipinski definition) is 1. The standard InChI is InChI=1S/C11H17NS/c1-2-12(9-6-10-13)11-7-4-3-5-8-11/h3-5,7-8,13H,2,6,9-10H2,1H3. The summed E-state index contributed by atoms with van der Waals surface area (Å²) in [5.41, 5.74) is 1.31. The van der Waals surface area contributed by atoms with Crippen LogP contribution < -0.4 is 4.90 Å². The molecule has 0 N–H and O–H groups in total. The third kappa shape index (κ3) is 3.31. The summed E-state index contributed by atoms with van der Waals surface area (Å²) < 4.78 is 0. The first kappa shape index (κ1) is 10.5. The van der Waals surface area contributed by atoms with Gasteiger partial charge in [-0.3, -0.25) is 0 Å². The SMILES string of the molecule is CCN(CCCS)c1ccccc1. The maximum absolute atomic E-state index is 4.22. The van der Waals surface area contributed by atoms with E-state index in [1.807, 2.05) is 0 Å². The zero-order valence-electron chi connectivity index (χ0n) is 8.11. The van der Waals surface area contributed by atoms with Crippen molar-refractivity contribution in [2.24, 2.45) is 0 Å². The number of hydrogen-bond acceptors (Lipinski definition) is 2. The summed E-state index contributed by atoms with van der Waals surface area (Å²) in [6.07, 6.45) is 1.14. The van der Waals surface area contributed by atoms with Gasteiger partial charge in [-0.1, -0.05) is 18.2 Å². The molecule has 1 nitrogen and oxygen atoms in total. The van der Waals surface area contributed by atoms with Crippen LogP contribution in [0.25, 0.3) is 0 Å². The predicted molar refractivity (Wildman–Crippen MR) is 62.8 cm³/mol. The average molecular weight is 195 g/mol. The number of nitrogens with zero attached hydrogens (tertiary/aromatic N) is 1. The lowest BCUT2D eigenvalue weighted by Crippen LogP contribution is -2.23. The minimum Gasteiger partial charge on any atom is -0.372 e.